The maximum atomic E-state index is 4.38. The molecule has 3 aromatic rings. The number of aryl methyl sites for hydroxylation is 1. The van der Waals surface area contributed by atoms with Crippen molar-refractivity contribution in [1.82, 2.24) is 14.8 Å². The van der Waals surface area contributed by atoms with Gasteiger partial charge in [0.1, 0.15) is 6.33 Å². The van der Waals surface area contributed by atoms with Crippen LogP contribution >= 0.6 is 0 Å². The van der Waals surface area contributed by atoms with Gasteiger partial charge in [-0.15, -0.1) is 29.3 Å². The van der Waals surface area contributed by atoms with Crippen LogP contribution in [0.1, 0.15) is 25.0 Å². The number of nitrogens with zero attached hydrogens (tertiary/aromatic N) is 3. The predicted octanol–water partition coefficient (Wildman–Crippen LogP) is 3.59. The molecule has 0 saturated heterocycles. The van der Waals surface area contributed by atoms with Crippen LogP contribution in [0.3, 0.4) is 0 Å². The molecule has 0 N–H and O–H groups in total. The Balaban J connectivity index is 0.00000144. The van der Waals surface area contributed by atoms with E-state index in [-0.39, 0.29) is 26.5 Å². The molecule has 0 spiro atoms. The summed E-state index contributed by atoms with van der Waals surface area (Å²) >= 11 is 0. The molecule has 4 heteroatoms. The average molecular weight is 469 g/mol. The van der Waals surface area contributed by atoms with E-state index in [1.807, 2.05) is 7.05 Å². The Hall–Kier alpha value is -1.73. The van der Waals surface area contributed by atoms with Crippen molar-refractivity contribution in [3.63, 3.8) is 0 Å². The summed E-state index contributed by atoms with van der Waals surface area (Å²) in [4.78, 5) is 4.33. The first-order chi connectivity index (χ1) is 10.1. The molecule has 0 atom stereocenters. The minimum absolute atomic E-state index is 0. The van der Waals surface area contributed by atoms with Crippen molar-refractivity contribution in [1.29, 1.82) is 0 Å². The predicted molar refractivity (Wildman–Crippen MR) is 82.8 cm³/mol. The van der Waals surface area contributed by atoms with Gasteiger partial charge in [-0.1, -0.05) is 49.2 Å². The van der Waals surface area contributed by atoms with Crippen LogP contribution in [0.15, 0.2) is 42.7 Å². The first-order valence-electron chi connectivity index (χ1n) is 7.09. The Morgan fingerprint density at radius 2 is 1.86 bits per heavy atom. The Morgan fingerprint density at radius 3 is 2.59 bits per heavy atom. The third-order valence-electron chi connectivity index (χ3n) is 4.36. The van der Waals surface area contributed by atoms with E-state index in [1.165, 1.54) is 22.3 Å². The monoisotopic (exact) mass is 469 g/mol. The van der Waals surface area contributed by atoms with Gasteiger partial charge in [-0.3, -0.25) is 9.67 Å². The van der Waals surface area contributed by atoms with E-state index >= 15 is 0 Å². The van der Waals surface area contributed by atoms with Gasteiger partial charge in [0, 0.05) is 28.1 Å². The first kappa shape index (κ1) is 15.2. The molecule has 22 heavy (non-hydrogen) atoms. The standard InChI is InChI=1S/C18H16N3.Pt/c1-18(2)15-7-5-4-6-13(15)14-9-8-12(10-16(14)18)17-19-11-21(3)20-17;/h4-7,9-11H,1-3H3;/q-1;. The summed E-state index contributed by atoms with van der Waals surface area (Å²) in [5.74, 6) is 0.729. The van der Waals surface area contributed by atoms with Gasteiger partial charge >= 0.3 is 0 Å². The molecule has 0 fully saturated rings. The van der Waals surface area contributed by atoms with Crippen molar-refractivity contribution >= 4 is 0 Å². The van der Waals surface area contributed by atoms with Crippen LogP contribution in [0.5, 0.6) is 0 Å². The third-order valence-corrected chi connectivity index (χ3v) is 4.36. The maximum absolute atomic E-state index is 4.38. The summed E-state index contributed by atoms with van der Waals surface area (Å²) in [7, 11) is 1.88. The topological polar surface area (TPSA) is 30.7 Å². The van der Waals surface area contributed by atoms with E-state index in [4.69, 9.17) is 0 Å². The van der Waals surface area contributed by atoms with Crippen LogP contribution in [0, 0.1) is 6.07 Å². The van der Waals surface area contributed by atoms with Crippen molar-refractivity contribution < 1.29 is 21.1 Å². The number of rotatable bonds is 1. The molecule has 1 aliphatic carbocycles. The first-order valence-corrected chi connectivity index (χ1v) is 7.09. The minimum Gasteiger partial charge on any atom is -0.265 e. The van der Waals surface area contributed by atoms with Gasteiger partial charge in [0.2, 0.25) is 0 Å². The molecule has 0 unspecified atom stereocenters. The summed E-state index contributed by atoms with van der Waals surface area (Å²) in [5, 5.41) is 4.38. The van der Waals surface area contributed by atoms with Crippen molar-refractivity contribution in [2.24, 2.45) is 7.05 Å². The number of hydrogen-bond acceptors (Lipinski definition) is 2. The number of aromatic nitrogens is 3. The van der Waals surface area contributed by atoms with Crippen LogP contribution in [-0.4, -0.2) is 14.8 Å². The van der Waals surface area contributed by atoms with E-state index in [1.54, 1.807) is 11.0 Å². The smallest absolute Gasteiger partial charge is 0.102 e. The van der Waals surface area contributed by atoms with Crippen molar-refractivity contribution in [2.75, 3.05) is 0 Å². The largest absolute Gasteiger partial charge is 0.265 e. The Kier molecular flexibility index (Phi) is 3.57. The van der Waals surface area contributed by atoms with Crippen LogP contribution in [0.25, 0.3) is 22.5 Å². The number of fused-ring (bicyclic) bond motifs is 3. The second-order valence-electron chi connectivity index (χ2n) is 6.09. The summed E-state index contributed by atoms with van der Waals surface area (Å²) in [6.07, 6.45) is 1.72. The molecular formula is C18H16N3Pt-. The molecule has 2 aromatic carbocycles. The van der Waals surface area contributed by atoms with Crippen LogP contribution in [0.2, 0.25) is 0 Å². The van der Waals surface area contributed by atoms with Crippen LogP contribution < -0.4 is 0 Å². The molecule has 1 heterocycles. The van der Waals surface area contributed by atoms with E-state index < -0.39 is 0 Å². The average Bonchev–Trinajstić information content (AvgIpc) is 3.01. The summed E-state index contributed by atoms with van der Waals surface area (Å²) in [5.41, 5.74) is 6.24. The molecule has 0 aliphatic heterocycles. The molecule has 0 amide bonds. The molecule has 114 valence electrons. The second-order valence-corrected chi connectivity index (χ2v) is 6.09. The Bertz CT molecular complexity index is 849. The fraction of sp³-hybridized carbons (Fsp3) is 0.222. The molecule has 0 radical (unpaired) electrons. The molecule has 0 bridgehead atoms. The number of hydrogen-bond donors (Lipinski definition) is 0. The van der Waals surface area contributed by atoms with Gasteiger partial charge in [-0.2, -0.15) is 0 Å². The Morgan fingerprint density at radius 1 is 1.09 bits per heavy atom. The summed E-state index contributed by atoms with van der Waals surface area (Å²) < 4.78 is 1.72. The minimum atomic E-state index is 0. The van der Waals surface area contributed by atoms with Crippen molar-refractivity contribution in [2.45, 2.75) is 19.3 Å². The zero-order valence-electron chi connectivity index (χ0n) is 12.7. The summed E-state index contributed by atoms with van der Waals surface area (Å²) in [6, 6.07) is 16.2. The quantitative estimate of drug-likeness (QED) is 0.511. The zero-order valence-corrected chi connectivity index (χ0v) is 15.0. The van der Waals surface area contributed by atoms with Crippen molar-refractivity contribution in [3.8, 4) is 22.5 Å². The maximum Gasteiger partial charge on any atom is 0.102 e. The van der Waals surface area contributed by atoms with E-state index in [9.17, 15) is 0 Å². The van der Waals surface area contributed by atoms with Gasteiger partial charge in [0.15, 0.2) is 0 Å². The fourth-order valence-corrected chi connectivity index (χ4v) is 3.23. The normalized spacial score (nSPS) is 14.1. The van der Waals surface area contributed by atoms with Gasteiger partial charge in [-0.25, -0.2) is 5.10 Å². The van der Waals surface area contributed by atoms with E-state index in [0.717, 1.165) is 11.4 Å². The SMILES string of the molecule is Cn1cnc(-c2[c-]cc3c(c2)C(C)(C)c2ccccc2-3)n1.[Pt]. The Labute approximate surface area is 144 Å². The molecular weight excluding hydrogens is 453 g/mol. The van der Waals surface area contributed by atoms with E-state index in [2.05, 4.69) is 66.4 Å². The van der Waals surface area contributed by atoms with Gasteiger partial charge in [-0.05, 0) is 11.0 Å². The third kappa shape index (κ3) is 2.07. The zero-order chi connectivity index (χ0) is 14.6. The van der Waals surface area contributed by atoms with Gasteiger partial charge in [0.05, 0.1) is 5.82 Å². The van der Waals surface area contributed by atoms with Crippen LogP contribution in [-0.2, 0) is 33.5 Å². The van der Waals surface area contributed by atoms with Crippen LogP contribution in [0.4, 0.5) is 0 Å². The molecule has 3 nitrogen and oxygen atoms in total. The summed E-state index contributed by atoms with van der Waals surface area (Å²) in [6.45, 7) is 4.54. The van der Waals surface area contributed by atoms with E-state index in [0.29, 0.717) is 0 Å². The molecule has 1 aliphatic rings. The molecule has 0 saturated carbocycles. The molecule has 1 aromatic heterocycles. The fourth-order valence-electron chi connectivity index (χ4n) is 3.23. The number of benzene rings is 2. The van der Waals surface area contributed by atoms with Crippen molar-refractivity contribution in [3.05, 3.63) is 59.9 Å². The second kappa shape index (κ2) is 5.17. The van der Waals surface area contributed by atoms with Gasteiger partial charge < -0.3 is 0 Å². The van der Waals surface area contributed by atoms with Gasteiger partial charge in [0.25, 0.3) is 0 Å². The molecule has 4 rings (SSSR count).